The number of carboxylic acid groups (broad SMARTS) is 1. The average molecular weight is 297 g/mol. The summed E-state index contributed by atoms with van der Waals surface area (Å²) in [6.07, 6.45) is -1.09. The Kier molecular flexibility index (Phi) is 4.31. The molecule has 2 N–H and O–H groups in total. The molecule has 0 saturated carbocycles. The maximum atomic E-state index is 13.1. The van der Waals surface area contributed by atoms with Crippen LogP contribution < -0.4 is 5.32 Å². The number of methoxy groups -OCH3 is 1. The number of carbonyl (C=O) groups excluding carboxylic acids is 1. The number of carbonyl (C=O) groups is 2. The van der Waals surface area contributed by atoms with Crippen LogP contribution in [0, 0.1) is 5.82 Å². The van der Waals surface area contributed by atoms with E-state index in [1.807, 2.05) is 0 Å². The van der Waals surface area contributed by atoms with Crippen LogP contribution in [0.2, 0.25) is 0 Å². The third kappa shape index (κ3) is 3.12. The Labute approximate surface area is 118 Å². The van der Waals surface area contributed by atoms with Crippen LogP contribution >= 0.6 is 11.3 Å². The van der Waals surface area contributed by atoms with Gasteiger partial charge < -0.3 is 15.2 Å². The highest BCUT2D eigenvalue weighted by atomic mass is 32.1. The monoisotopic (exact) mass is 297 g/mol. The number of halogens is 1. The van der Waals surface area contributed by atoms with E-state index >= 15 is 0 Å². The molecule has 1 atom stereocenters. The summed E-state index contributed by atoms with van der Waals surface area (Å²) in [5, 5.41) is 12.0. The number of carboxylic acids is 1. The zero-order chi connectivity index (χ0) is 14.7. The van der Waals surface area contributed by atoms with Crippen molar-refractivity contribution in [3.05, 3.63) is 35.0 Å². The number of amides is 1. The minimum absolute atomic E-state index is 0.132. The lowest BCUT2D eigenvalue weighted by Crippen LogP contribution is -2.37. The molecule has 0 aliphatic heterocycles. The second-order valence-corrected chi connectivity index (χ2v) is 5.15. The SMILES string of the molecule is COC(CNC(=O)c1cc2ccc(F)cc2s1)C(=O)O. The van der Waals surface area contributed by atoms with Crippen LogP contribution in [0.5, 0.6) is 0 Å². The van der Waals surface area contributed by atoms with Crippen LogP contribution in [0.4, 0.5) is 4.39 Å². The maximum absolute atomic E-state index is 13.1. The Bertz CT molecular complexity index is 655. The molecule has 0 fully saturated rings. The smallest absolute Gasteiger partial charge is 0.334 e. The first-order valence-electron chi connectivity index (χ1n) is 5.74. The van der Waals surface area contributed by atoms with Gasteiger partial charge in [-0.1, -0.05) is 6.07 Å². The van der Waals surface area contributed by atoms with Crippen LogP contribution in [-0.4, -0.2) is 36.7 Å². The lowest BCUT2D eigenvalue weighted by molar-refractivity contribution is -0.148. The van der Waals surface area contributed by atoms with Gasteiger partial charge in [-0.2, -0.15) is 0 Å². The Morgan fingerprint density at radius 1 is 1.45 bits per heavy atom. The highest BCUT2D eigenvalue weighted by molar-refractivity contribution is 7.20. The fraction of sp³-hybridized carbons (Fsp3) is 0.231. The van der Waals surface area contributed by atoms with Gasteiger partial charge in [0.15, 0.2) is 6.10 Å². The van der Waals surface area contributed by atoms with Crippen LogP contribution in [0.15, 0.2) is 24.3 Å². The summed E-state index contributed by atoms with van der Waals surface area (Å²) in [6, 6.07) is 5.90. The number of thiophene rings is 1. The lowest BCUT2D eigenvalue weighted by Gasteiger charge is -2.10. The van der Waals surface area contributed by atoms with Crippen LogP contribution in [0.25, 0.3) is 10.1 Å². The molecule has 0 radical (unpaired) electrons. The molecule has 0 aliphatic carbocycles. The number of rotatable bonds is 5. The Morgan fingerprint density at radius 2 is 2.20 bits per heavy atom. The standard InChI is InChI=1S/C13H12FNO4S/c1-19-9(13(17)18)6-15-12(16)11-4-7-2-3-8(14)5-10(7)20-11/h2-5,9H,6H2,1H3,(H,15,16)(H,17,18). The molecule has 0 spiro atoms. The van der Waals surface area contributed by atoms with Crippen LogP contribution in [0.3, 0.4) is 0 Å². The van der Waals surface area contributed by atoms with E-state index in [9.17, 15) is 14.0 Å². The van der Waals surface area contributed by atoms with Gasteiger partial charge in [0.1, 0.15) is 5.82 Å². The average Bonchev–Trinajstić information content (AvgIpc) is 2.81. The second kappa shape index (κ2) is 5.98. The first kappa shape index (κ1) is 14.4. The van der Waals surface area contributed by atoms with Gasteiger partial charge >= 0.3 is 5.97 Å². The molecule has 1 heterocycles. The molecule has 1 amide bonds. The van der Waals surface area contributed by atoms with Crippen molar-refractivity contribution in [2.24, 2.45) is 0 Å². The Balaban J connectivity index is 2.09. The number of benzene rings is 1. The first-order valence-corrected chi connectivity index (χ1v) is 6.56. The summed E-state index contributed by atoms with van der Waals surface area (Å²) in [6.45, 7) is -0.132. The van der Waals surface area contributed by atoms with Gasteiger partial charge in [0.25, 0.3) is 5.91 Å². The predicted octanol–water partition coefficient (Wildman–Crippen LogP) is 1.87. The molecule has 0 aliphatic rings. The molecule has 2 aromatic rings. The molecule has 5 nitrogen and oxygen atoms in total. The molecular formula is C13H12FNO4S. The van der Waals surface area contributed by atoms with Gasteiger partial charge in [0.05, 0.1) is 11.4 Å². The van der Waals surface area contributed by atoms with E-state index in [-0.39, 0.29) is 12.4 Å². The fourth-order valence-electron chi connectivity index (χ4n) is 1.66. The van der Waals surface area contributed by atoms with Gasteiger partial charge in [0.2, 0.25) is 0 Å². The van der Waals surface area contributed by atoms with E-state index in [1.54, 1.807) is 12.1 Å². The molecule has 2 rings (SSSR count). The normalized spacial score (nSPS) is 12.3. The number of nitrogens with one attached hydrogen (secondary N) is 1. The largest absolute Gasteiger partial charge is 0.479 e. The molecule has 1 aromatic heterocycles. The van der Waals surface area contributed by atoms with Crippen LogP contribution in [0.1, 0.15) is 9.67 Å². The van der Waals surface area contributed by atoms with E-state index in [0.29, 0.717) is 9.58 Å². The number of ether oxygens (including phenoxy) is 1. The second-order valence-electron chi connectivity index (χ2n) is 4.07. The lowest BCUT2D eigenvalue weighted by atomic mass is 10.2. The summed E-state index contributed by atoms with van der Waals surface area (Å²) in [5.74, 6) is -1.92. The molecule has 106 valence electrons. The first-order chi connectivity index (χ1) is 9.51. The van der Waals surface area contributed by atoms with E-state index in [1.165, 1.54) is 19.2 Å². The topological polar surface area (TPSA) is 75.6 Å². The molecule has 0 saturated heterocycles. The van der Waals surface area contributed by atoms with E-state index < -0.39 is 18.0 Å². The molecule has 0 bridgehead atoms. The molecule has 20 heavy (non-hydrogen) atoms. The van der Waals surface area contributed by atoms with Gasteiger partial charge in [-0.25, -0.2) is 9.18 Å². The molecular weight excluding hydrogens is 285 g/mol. The number of hydrogen-bond donors (Lipinski definition) is 2. The zero-order valence-corrected chi connectivity index (χ0v) is 11.4. The number of fused-ring (bicyclic) bond motifs is 1. The molecule has 1 aromatic carbocycles. The Morgan fingerprint density at radius 3 is 2.85 bits per heavy atom. The zero-order valence-electron chi connectivity index (χ0n) is 10.6. The molecule has 1 unspecified atom stereocenters. The van der Waals surface area contributed by atoms with Gasteiger partial charge in [0, 0.05) is 11.8 Å². The number of hydrogen-bond acceptors (Lipinski definition) is 4. The van der Waals surface area contributed by atoms with Crippen molar-refractivity contribution in [1.82, 2.24) is 5.32 Å². The van der Waals surface area contributed by atoms with Crippen LogP contribution in [-0.2, 0) is 9.53 Å². The minimum atomic E-state index is -1.15. The third-order valence-electron chi connectivity index (χ3n) is 2.71. The van der Waals surface area contributed by atoms with E-state index in [0.717, 1.165) is 16.7 Å². The minimum Gasteiger partial charge on any atom is -0.479 e. The van der Waals surface area contributed by atoms with Crippen molar-refractivity contribution in [3.63, 3.8) is 0 Å². The van der Waals surface area contributed by atoms with Gasteiger partial charge in [-0.3, -0.25) is 4.79 Å². The Hall–Kier alpha value is -1.99. The van der Waals surface area contributed by atoms with Crippen molar-refractivity contribution in [1.29, 1.82) is 0 Å². The fourth-order valence-corrected chi connectivity index (χ4v) is 2.66. The predicted molar refractivity (Wildman–Crippen MR) is 72.5 cm³/mol. The summed E-state index contributed by atoms with van der Waals surface area (Å²) >= 11 is 1.15. The van der Waals surface area contributed by atoms with Crippen molar-refractivity contribution in [3.8, 4) is 0 Å². The molecule has 7 heteroatoms. The summed E-state index contributed by atoms with van der Waals surface area (Å²) in [7, 11) is 1.26. The van der Waals surface area contributed by atoms with Crippen molar-refractivity contribution in [2.75, 3.05) is 13.7 Å². The summed E-state index contributed by atoms with van der Waals surface area (Å²) in [4.78, 5) is 23.0. The highest BCUT2D eigenvalue weighted by Crippen LogP contribution is 2.26. The van der Waals surface area contributed by atoms with Crippen molar-refractivity contribution >= 4 is 33.3 Å². The maximum Gasteiger partial charge on any atom is 0.334 e. The van der Waals surface area contributed by atoms with E-state index in [2.05, 4.69) is 5.32 Å². The number of aliphatic carboxylic acids is 1. The van der Waals surface area contributed by atoms with Crippen molar-refractivity contribution < 1.29 is 23.8 Å². The highest BCUT2D eigenvalue weighted by Gasteiger charge is 2.18. The third-order valence-corrected chi connectivity index (χ3v) is 3.81. The quantitative estimate of drug-likeness (QED) is 0.883. The summed E-state index contributed by atoms with van der Waals surface area (Å²) < 4.78 is 18.4. The summed E-state index contributed by atoms with van der Waals surface area (Å²) in [5.41, 5.74) is 0. The van der Waals surface area contributed by atoms with Crippen molar-refractivity contribution in [2.45, 2.75) is 6.10 Å². The van der Waals surface area contributed by atoms with Gasteiger partial charge in [-0.05, 0) is 23.6 Å². The van der Waals surface area contributed by atoms with E-state index in [4.69, 9.17) is 9.84 Å². The van der Waals surface area contributed by atoms with Gasteiger partial charge in [-0.15, -0.1) is 11.3 Å².